The van der Waals surface area contributed by atoms with Crippen molar-refractivity contribution in [2.75, 3.05) is 16.9 Å². The minimum atomic E-state index is 0.497. The van der Waals surface area contributed by atoms with Gasteiger partial charge in [-0.2, -0.15) is 4.98 Å². The van der Waals surface area contributed by atoms with Crippen molar-refractivity contribution in [1.82, 2.24) is 9.97 Å². The van der Waals surface area contributed by atoms with Gasteiger partial charge in [0, 0.05) is 24.3 Å². The fraction of sp³-hybridized carbons (Fsp3) is 0.667. The molecule has 3 N–H and O–H groups in total. The van der Waals surface area contributed by atoms with E-state index in [-0.39, 0.29) is 0 Å². The summed E-state index contributed by atoms with van der Waals surface area (Å²) in [5.74, 6) is 6.87. The number of hydrazine groups is 1. The summed E-state index contributed by atoms with van der Waals surface area (Å²) in [6.07, 6.45) is 5.09. The van der Waals surface area contributed by atoms with Crippen LogP contribution < -0.4 is 16.2 Å². The van der Waals surface area contributed by atoms with Gasteiger partial charge in [0.15, 0.2) is 0 Å². The van der Waals surface area contributed by atoms with Gasteiger partial charge >= 0.3 is 0 Å². The van der Waals surface area contributed by atoms with Gasteiger partial charge in [-0.1, -0.05) is 12.8 Å². The summed E-state index contributed by atoms with van der Waals surface area (Å²) in [6, 6.07) is 2.57. The first-order valence-electron chi connectivity index (χ1n) is 6.29. The molecule has 0 aliphatic carbocycles. The van der Waals surface area contributed by atoms with Crippen molar-refractivity contribution in [1.29, 1.82) is 0 Å². The normalized spacial score (nSPS) is 21.1. The Hall–Kier alpha value is -1.36. The molecule has 2 heterocycles. The van der Waals surface area contributed by atoms with E-state index in [4.69, 9.17) is 5.84 Å². The molecule has 0 aromatic carbocycles. The zero-order valence-electron chi connectivity index (χ0n) is 10.6. The van der Waals surface area contributed by atoms with Crippen molar-refractivity contribution >= 4 is 11.8 Å². The molecular formula is C12H21N5. The van der Waals surface area contributed by atoms with Gasteiger partial charge in [-0.25, -0.2) is 10.8 Å². The summed E-state index contributed by atoms with van der Waals surface area (Å²) < 4.78 is 0. The van der Waals surface area contributed by atoms with Gasteiger partial charge in [0.05, 0.1) is 0 Å². The predicted octanol–water partition coefficient (Wildman–Crippen LogP) is 1.84. The van der Waals surface area contributed by atoms with Gasteiger partial charge in [0.1, 0.15) is 5.82 Å². The topological polar surface area (TPSA) is 67.1 Å². The standard InChI is InChI=1S/C12H21N5/c1-9-8-11(15-12(14-9)16-13)17-7-5-3-4-6-10(17)2/h8,10H,3-7,13H2,1-2H3,(H,14,15,16). The van der Waals surface area contributed by atoms with E-state index < -0.39 is 0 Å². The third-order valence-corrected chi connectivity index (χ3v) is 3.32. The SMILES string of the molecule is Cc1cc(N2CCCCCC2C)nc(NN)n1. The number of rotatable bonds is 2. The number of nitrogen functional groups attached to an aromatic ring is 1. The first kappa shape index (κ1) is 12.1. The molecule has 17 heavy (non-hydrogen) atoms. The third-order valence-electron chi connectivity index (χ3n) is 3.32. The summed E-state index contributed by atoms with van der Waals surface area (Å²) in [7, 11) is 0. The molecule has 1 aromatic rings. The van der Waals surface area contributed by atoms with Crippen molar-refractivity contribution < 1.29 is 0 Å². The molecule has 0 bridgehead atoms. The quantitative estimate of drug-likeness (QED) is 0.605. The van der Waals surface area contributed by atoms with Crippen LogP contribution in [0.5, 0.6) is 0 Å². The molecule has 1 aliphatic heterocycles. The van der Waals surface area contributed by atoms with E-state index in [1.807, 2.05) is 13.0 Å². The number of anilines is 2. The summed E-state index contributed by atoms with van der Waals surface area (Å²) in [5, 5.41) is 0. The molecule has 5 nitrogen and oxygen atoms in total. The summed E-state index contributed by atoms with van der Waals surface area (Å²) in [5.41, 5.74) is 3.47. The molecule has 0 spiro atoms. The van der Waals surface area contributed by atoms with Crippen LogP contribution in [0.15, 0.2) is 6.07 Å². The van der Waals surface area contributed by atoms with Gasteiger partial charge in [-0.05, 0) is 26.7 Å². The Bertz CT molecular complexity index is 379. The Morgan fingerprint density at radius 2 is 2.18 bits per heavy atom. The molecule has 0 radical (unpaired) electrons. The lowest BCUT2D eigenvalue weighted by molar-refractivity contribution is 0.610. The van der Waals surface area contributed by atoms with Crippen LogP contribution in [-0.2, 0) is 0 Å². The average Bonchev–Trinajstić information content (AvgIpc) is 2.53. The maximum atomic E-state index is 5.39. The monoisotopic (exact) mass is 235 g/mol. The third kappa shape index (κ3) is 2.85. The Balaban J connectivity index is 2.27. The van der Waals surface area contributed by atoms with E-state index in [1.165, 1.54) is 25.7 Å². The van der Waals surface area contributed by atoms with Crippen LogP contribution in [0.1, 0.15) is 38.3 Å². The van der Waals surface area contributed by atoms with Gasteiger partial charge < -0.3 is 4.90 Å². The van der Waals surface area contributed by atoms with Crippen LogP contribution in [0, 0.1) is 6.92 Å². The largest absolute Gasteiger partial charge is 0.354 e. The van der Waals surface area contributed by atoms with Crippen LogP contribution >= 0.6 is 0 Å². The molecular weight excluding hydrogens is 214 g/mol. The first-order valence-corrected chi connectivity index (χ1v) is 6.29. The minimum absolute atomic E-state index is 0.497. The molecule has 1 saturated heterocycles. The van der Waals surface area contributed by atoms with E-state index in [1.54, 1.807) is 0 Å². The van der Waals surface area contributed by atoms with Crippen molar-refractivity contribution in [3.05, 3.63) is 11.8 Å². The smallest absolute Gasteiger partial charge is 0.239 e. The fourth-order valence-electron chi connectivity index (χ4n) is 2.38. The van der Waals surface area contributed by atoms with Gasteiger partial charge in [-0.3, -0.25) is 5.43 Å². The number of aryl methyl sites for hydroxylation is 1. The van der Waals surface area contributed by atoms with Crippen molar-refractivity contribution in [2.45, 2.75) is 45.6 Å². The molecule has 94 valence electrons. The second-order valence-corrected chi connectivity index (χ2v) is 4.73. The predicted molar refractivity (Wildman–Crippen MR) is 69.9 cm³/mol. The molecule has 1 fully saturated rings. The number of hydrogen-bond acceptors (Lipinski definition) is 5. The highest BCUT2D eigenvalue weighted by Crippen LogP contribution is 2.23. The van der Waals surface area contributed by atoms with Crippen LogP contribution in [0.3, 0.4) is 0 Å². The Morgan fingerprint density at radius 3 is 2.94 bits per heavy atom. The molecule has 0 saturated carbocycles. The number of nitrogens with one attached hydrogen (secondary N) is 1. The average molecular weight is 235 g/mol. The van der Waals surface area contributed by atoms with E-state index >= 15 is 0 Å². The van der Waals surface area contributed by atoms with E-state index in [9.17, 15) is 0 Å². The van der Waals surface area contributed by atoms with E-state index in [0.29, 0.717) is 12.0 Å². The van der Waals surface area contributed by atoms with Crippen molar-refractivity contribution in [3.63, 3.8) is 0 Å². The molecule has 1 atom stereocenters. The number of hydrogen-bond donors (Lipinski definition) is 2. The van der Waals surface area contributed by atoms with Gasteiger partial charge in [-0.15, -0.1) is 0 Å². The van der Waals surface area contributed by atoms with Crippen LogP contribution in [0.2, 0.25) is 0 Å². The van der Waals surface area contributed by atoms with Crippen molar-refractivity contribution in [2.24, 2.45) is 5.84 Å². The zero-order chi connectivity index (χ0) is 12.3. The van der Waals surface area contributed by atoms with Crippen LogP contribution in [-0.4, -0.2) is 22.6 Å². The lowest BCUT2D eigenvalue weighted by Gasteiger charge is -2.28. The highest BCUT2D eigenvalue weighted by atomic mass is 15.3. The van der Waals surface area contributed by atoms with Crippen LogP contribution in [0.4, 0.5) is 11.8 Å². The molecule has 1 aromatic heterocycles. The molecule has 1 unspecified atom stereocenters. The Labute approximate surface area is 102 Å². The van der Waals surface area contributed by atoms with Gasteiger partial charge in [0.25, 0.3) is 0 Å². The highest BCUT2D eigenvalue weighted by Gasteiger charge is 2.19. The number of nitrogens with two attached hydrogens (primary N) is 1. The summed E-state index contributed by atoms with van der Waals surface area (Å²) >= 11 is 0. The van der Waals surface area contributed by atoms with E-state index in [0.717, 1.165) is 18.1 Å². The molecule has 0 amide bonds. The second-order valence-electron chi connectivity index (χ2n) is 4.73. The lowest BCUT2D eigenvalue weighted by atomic mass is 10.1. The number of nitrogens with zero attached hydrogens (tertiary/aromatic N) is 3. The maximum absolute atomic E-state index is 5.39. The van der Waals surface area contributed by atoms with Crippen molar-refractivity contribution in [3.8, 4) is 0 Å². The zero-order valence-corrected chi connectivity index (χ0v) is 10.6. The van der Waals surface area contributed by atoms with E-state index in [2.05, 4.69) is 27.2 Å². The highest BCUT2D eigenvalue weighted by molar-refractivity contribution is 5.45. The lowest BCUT2D eigenvalue weighted by Crippen LogP contribution is -2.33. The summed E-state index contributed by atoms with van der Waals surface area (Å²) in [6.45, 7) is 5.30. The molecule has 2 rings (SSSR count). The Kier molecular flexibility index (Phi) is 3.78. The fourth-order valence-corrected chi connectivity index (χ4v) is 2.38. The maximum Gasteiger partial charge on any atom is 0.239 e. The molecule has 1 aliphatic rings. The summed E-state index contributed by atoms with van der Waals surface area (Å²) in [4.78, 5) is 11.0. The molecule has 5 heteroatoms. The Morgan fingerprint density at radius 1 is 1.35 bits per heavy atom. The second kappa shape index (κ2) is 5.31. The van der Waals surface area contributed by atoms with Gasteiger partial charge in [0.2, 0.25) is 5.95 Å². The number of aromatic nitrogens is 2. The minimum Gasteiger partial charge on any atom is -0.354 e. The first-order chi connectivity index (χ1) is 8.20. The van der Waals surface area contributed by atoms with Crippen LogP contribution in [0.25, 0.3) is 0 Å².